The Hall–Kier alpha value is -1.93. The van der Waals surface area contributed by atoms with Crippen molar-refractivity contribution in [3.63, 3.8) is 0 Å². The van der Waals surface area contributed by atoms with Crippen LogP contribution in [-0.2, 0) is 19.1 Å². The first-order valence-corrected chi connectivity index (χ1v) is 7.43. The van der Waals surface area contributed by atoms with Crippen molar-refractivity contribution in [2.45, 2.75) is 12.8 Å². The largest absolute Gasteiger partial charge is 0.428 e. The molecule has 4 N–H and O–H groups in total. The van der Waals surface area contributed by atoms with E-state index in [0.717, 1.165) is 11.2 Å². The highest BCUT2D eigenvalue weighted by Crippen LogP contribution is 1.89. The second-order valence-electron chi connectivity index (χ2n) is 4.92. The number of esters is 2. The van der Waals surface area contributed by atoms with Crippen molar-refractivity contribution in [2.75, 3.05) is 33.2 Å². The molecule has 0 aromatic heterocycles. The number of carbonyl (C=O) groups excluding carboxylic acids is 2. The van der Waals surface area contributed by atoms with Crippen molar-refractivity contribution in [2.24, 2.45) is 0 Å². The molecule has 0 heterocycles. The Morgan fingerprint density at radius 3 is 1.57 bits per heavy atom. The topological polar surface area (TPSA) is 101 Å². The van der Waals surface area contributed by atoms with Gasteiger partial charge in [-0.2, -0.15) is 0 Å². The molecule has 128 valence electrons. The van der Waals surface area contributed by atoms with Crippen molar-refractivity contribution in [1.82, 2.24) is 21.3 Å². The van der Waals surface area contributed by atoms with Crippen LogP contribution in [-0.4, -0.2) is 60.9 Å². The third kappa shape index (κ3) is 16.3. The number of nitrogens with one attached hydrogen (secondary N) is 4. The van der Waals surface area contributed by atoms with Crippen molar-refractivity contribution in [3.05, 3.63) is 24.4 Å². The average molecular weight is 324 g/mol. The Balaban J connectivity index is 3.43. The molecule has 0 radical (unpaired) electrons. The molecule has 0 aliphatic carbocycles. The summed E-state index contributed by atoms with van der Waals surface area (Å²) in [5, 5.41) is 11.9. The van der Waals surface area contributed by atoms with Gasteiger partial charge in [0.25, 0.3) is 0 Å². The first-order chi connectivity index (χ1) is 10.9. The third-order valence-corrected chi connectivity index (χ3v) is 2.48. The molecule has 0 rings (SSSR count). The molecule has 0 spiro atoms. The van der Waals surface area contributed by atoms with Crippen LogP contribution in [0.15, 0.2) is 24.4 Å². The summed E-state index contributed by atoms with van der Waals surface area (Å²) < 4.78 is 9.59. The second-order valence-corrected chi connectivity index (χ2v) is 4.92. The predicted molar refractivity (Wildman–Crippen MR) is 93.7 cm³/mol. The highest BCUT2D eigenvalue weighted by Gasteiger charge is 2.05. The minimum atomic E-state index is -0.426. The third-order valence-electron chi connectivity index (χ3n) is 2.48. The molecule has 0 aliphatic heterocycles. The summed E-state index contributed by atoms with van der Waals surface area (Å²) in [7, 11) is 3.69. The predicted octanol–water partition coefficient (Wildman–Crippen LogP) is -2.71. The molecule has 0 atom stereocenters. The fourth-order valence-electron chi connectivity index (χ4n) is 1.29. The quantitative estimate of drug-likeness (QED) is 0.118. The van der Waals surface area contributed by atoms with Crippen LogP contribution < -0.4 is 21.3 Å². The maximum atomic E-state index is 11.4. The summed E-state index contributed by atoms with van der Waals surface area (Å²) in [6.45, 7) is 9.00. The zero-order chi connectivity index (χ0) is 17.5. The molecule has 0 aromatic carbocycles. The first kappa shape index (κ1) is 21.1. The summed E-state index contributed by atoms with van der Waals surface area (Å²) >= 11 is 0. The van der Waals surface area contributed by atoms with Crippen molar-refractivity contribution in [3.8, 4) is 0 Å². The van der Waals surface area contributed by atoms with Gasteiger partial charge in [-0.25, -0.2) is 0 Å². The minimum Gasteiger partial charge on any atom is -0.428 e. The molecule has 0 aromatic rings. The summed E-state index contributed by atoms with van der Waals surface area (Å²) in [6.07, 6.45) is 0.396. The van der Waals surface area contributed by atoms with Crippen LogP contribution in [0.25, 0.3) is 0 Å². The number of rotatable bonds is 14. The van der Waals surface area contributed by atoms with E-state index in [1.54, 1.807) is 0 Å². The zero-order valence-corrected chi connectivity index (χ0v) is 14.0. The maximum Gasteiger partial charge on any atom is 0.309 e. The van der Waals surface area contributed by atoms with Gasteiger partial charge in [0.05, 0.1) is 26.2 Å². The van der Waals surface area contributed by atoms with E-state index in [4.69, 9.17) is 9.47 Å². The van der Waals surface area contributed by atoms with E-state index < -0.39 is 11.9 Å². The molecule has 0 fully saturated rings. The van der Waals surface area contributed by atoms with E-state index in [1.807, 2.05) is 15.7 Å². The van der Waals surface area contributed by atoms with E-state index in [0.29, 0.717) is 26.4 Å². The smallest absolute Gasteiger partial charge is 0.309 e. The van der Waals surface area contributed by atoms with Gasteiger partial charge >= 0.3 is 11.9 Å². The van der Waals surface area contributed by atoms with Gasteiger partial charge in [-0.1, -0.05) is 13.2 Å². The van der Waals surface area contributed by atoms with Crippen molar-refractivity contribution >= 4 is 27.6 Å². The Kier molecular flexibility index (Phi) is 12.6. The van der Waals surface area contributed by atoms with E-state index in [-0.39, 0.29) is 19.6 Å². The van der Waals surface area contributed by atoms with Crippen LogP contribution in [0, 0.1) is 0 Å². The molecule has 23 heavy (non-hydrogen) atoms. The van der Waals surface area contributed by atoms with Gasteiger partial charge in [0.2, 0.25) is 6.79 Å². The lowest BCUT2D eigenvalue weighted by Crippen LogP contribution is -2.30. The number of carbonyl (C=O) groups is 2. The molecule has 0 unspecified atom stereocenters. The SMILES string of the molecule is BC(=C)NCNCCC(=O)OCOC(=O)CCNCNC(B)=C. The Morgan fingerprint density at radius 2 is 1.22 bits per heavy atom. The molecule has 0 bridgehead atoms. The van der Waals surface area contributed by atoms with Gasteiger partial charge in [0.15, 0.2) is 15.7 Å². The molecule has 10 heteroatoms. The Morgan fingerprint density at radius 1 is 0.826 bits per heavy atom. The van der Waals surface area contributed by atoms with Crippen LogP contribution in [0.2, 0.25) is 0 Å². The number of hydrogen-bond acceptors (Lipinski definition) is 8. The van der Waals surface area contributed by atoms with Crippen molar-refractivity contribution < 1.29 is 19.1 Å². The normalized spacial score (nSPS) is 9.74. The van der Waals surface area contributed by atoms with Gasteiger partial charge < -0.3 is 20.1 Å². The summed E-state index contributed by atoms with van der Waals surface area (Å²) in [4.78, 5) is 22.7. The summed E-state index contributed by atoms with van der Waals surface area (Å²) in [5.74, 6) is -0.853. The molecular formula is C13H26B2N4O4. The van der Waals surface area contributed by atoms with Crippen LogP contribution in [0.1, 0.15) is 12.8 Å². The summed E-state index contributed by atoms with van der Waals surface area (Å²) in [6, 6.07) is 0. The molecule has 0 saturated heterocycles. The minimum absolute atomic E-state index is 0.198. The van der Waals surface area contributed by atoms with E-state index in [2.05, 4.69) is 34.4 Å². The summed E-state index contributed by atoms with van der Waals surface area (Å²) in [5.41, 5.74) is 1.69. The van der Waals surface area contributed by atoms with Crippen LogP contribution in [0.5, 0.6) is 0 Å². The lowest BCUT2D eigenvalue weighted by molar-refractivity contribution is -0.167. The second kappa shape index (κ2) is 13.7. The Bertz CT molecular complexity index is 371. The van der Waals surface area contributed by atoms with Gasteiger partial charge in [0, 0.05) is 13.1 Å². The van der Waals surface area contributed by atoms with Gasteiger partial charge in [-0.15, -0.1) is 0 Å². The molecular weight excluding hydrogens is 298 g/mol. The standard InChI is InChI=1S/C13H26B2N4O4/c1-10(14)18-7-16-5-3-12(20)22-9-23-13(21)4-6-17-8-19-11(2)15/h16-19H,1-9,14-15H2. The fraction of sp³-hybridized carbons (Fsp3) is 0.538. The lowest BCUT2D eigenvalue weighted by Gasteiger charge is -2.09. The molecule has 0 amide bonds. The Labute approximate surface area is 139 Å². The molecule has 0 aliphatic rings. The van der Waals surface area contributed by atoms with E-state index in [9.17, 15) is 9.59 Å². The zero-order valence-electron chi connectivity index (χ0n) is 14.0. The fourth-order valence-corrected chi connectivity index (χ4v) is 1.29. The van der Waals surface area contributed by atoms with Crippen LogP contribution >= 0.6 is 0 Å². The average Bonchev–Trinajstić information content (AvgIpc) is 2.45. The molecule has 0 saturated carbocycles. The van der Waals surface area contributed by atoms with Gasteiger partial charge in [-0.05, 0) is 11.2 Å². The highest BCUT2D eigenvalue weighted by atomic mass is 16.7. The monoisotopic (exact) mass is 324 g/mol. The van der Waals surface area contributed by atoms with E-state index >= 15 is 0 Å². The maximum absolute atomic E-state index is 11.4. The van der Waals surface area contributed by atoms with Gasteiger partial charge in [0.1, 0.15) is 0 Å². The van der Waals surface area contributed by atoms with Crippen molar-refractivity contribution in [1.29, 1.82) is 0 Å². The van der Waals surface area contributed by atoms with Gasteiger partial charge in [-0.3, -0.25) is 20.2 Å². The number of hydrogen-bond donors (Lipinski definition) is 4. The lowest BCUT2D eigenvalue weighted by atomic mass is 10.1. The molecule has 8 nitrogen and oxygen atoms in total. The highest BCUT2D eigenvalue weighted by molar-refractivity contribution is 6.20. The van der Waals surface area contributed by atoms with Crippen LogP contribution in [0.4, 0.5) is 0 Å². The number of ether oxygens (including phenoxy) is 2. The van der Waals surface area contributed by atoms with E-state index in [1.165, 1.54) is 0 Å². The van der Waals surface area contributed by atoms with Crippen LogP contribution in [0.3, 0.4) is 0 Å². The first-order valence-electron chi connectivity index (χ1n) is 7.43.